The normalized spacial score (nSPS) is 11.1. The maximum Gasteiger partial charge on any atom is 0.215 e. The van der Waals surface area contributed by atoms with E-state index in [0.717, 1.165) is 16.8 Å². The molecule has 4 rings (SSSR count). The Labute approximate surface area is 137 Å². The van der Waals surface area contributed by atoms with Crippen LogP contribution >= 0.6 is 0 Å². The number of hydrogen-bond donors (Lipinski definition) is 1. The van der Waals surface area contributed by atoms with Gasteiger partial charge >= 0.3 is 0 Å². The molecule has 0 bridgehead atoms. The fourth-order valence-corrected chi connectivity index (χ4v) is 2.72. The van der Waals surface area contributed by atoms with Gasteiger partial charge in [-0.25, -0.2) is 9.67 Å². The summed E-state index contributed by atoms with van der Waals surface area (Å²) in [6, 6.07) is 9.22. The predicted octanol–water partition coefficient (Wildman–Crippen LogP) is 2.60. The van der Waals surface area contributed by atoms with Crippen molar-refractivity contribution in [2.75, 3.05) is 7.11 Å². The summed E-state index contributed by atoms with van der Waals surface area (Å²) in [4.78, 5) is 4.49. The zero-order valence-electron chi connectivity index (χ0n) is 13.2. The van der Waals surface area contributed by atoms with E-state index in [0.29, 0.717) is 17.1 Å². The molecule has 24 heavy (non-hydrogen) atoms. The quantitative estimate of drug-likeness (QED) is 0.627. The van der Waals surface area contributed by atoms with E-state index in [4.69, 9.17) is 4.74 Å². The first kappa shape index (κ1) is 14.3. The van der Waals surface area contributed by atoms with E-state index in [2.05, 4.69) is 15.2 Å². The highest BCUT2D eigenvalue weighted by atomic mass is 16.5. The monoisotopic (exact) mass is 321 g/mol. The van der Waals surface area contributed by atoms with Crippen molar-refractivity contribution in [1.82, 2.24) is 24.4 Å². The zero-order valence-corrected chi connectivity index (χ0v) is 13.2. The summed E-state index contributed by atoms with van der Waals surface area (Å²) in [7, 11) is 1.62. The Kier molecular flexibility index (Phi) is 3.19. The minimum absolute atomic E-state index is 0.0517. The van der Waals surface area contributed by atoms with Crippen LogP contribution < -0.4 is 4.74 Å². The molecule has 3 aromatic heterocycles. The molecule has 0 fully saturated rings. The third kappa shape index (κ3) is 2.18. The zero-order chi connectivity index (χ0) is 16.7. The van der Waals surface area contributed by atoms with E-state index in [9.17, 15) is 5.11 Å². The van der Waals surface area contributed by atoms with Crippen LogP contribution in [-0.2, 0) is 0 Å². The van der Waals surface area contributed by atoms with Crippen LogP contribution in [0.2, 0.25) is 0 Å². The van der Waals surface area contributed by atoms with Gasteiger partial charge in [-0.05, 0) is 25.1 Å². The largest absolute Gasteiger partial charge is 0.496 e. The topological polar surface area (TPSA) is 77.5 Å². The standard InChI is InChI=1S/C17H15N5O2/c1-11-8-16(23)22-17(20-11)14(10-19-22)13-5-4-12(9-15(13)24-2)21-7-3-6-18-21/h3-10,23H,1-2H3. The molecule has 7 nitrogen and oxygen atoms in total. The highest BCUT2D eigenvalue weighted by molar-refractivity contribution is 5.82. The number of aromatic nitrogens is 5. The van der Waals surface area contributed by atoms with Crippen molar-refractivity contribution >= 4 is 5.65 Å². The van der Waals surface area contributed by atoms with E-state index in [-0.39, 0.29) is 5.88 Å². The molecule has 120 valence electrons. The van der Waals surface area contributed by atoms with Gasteiger partial charge in [0.05, 0.1) is 24.6 Å². The summed E-state index contributed by atoms with van der Waals surface area (Å²) in [6.07, 6.45) is 5.26. The minimum atomic E-state index is 0.0517. The number of fused-ring (bicyclic) bond motifs is 1. The molecule has 1 N–H and O–H groups in total. The molecule has 0 spiro atoms. The maximum absolute atomic E-state index is 10.0. The number of aromatic hydroxyl groups is 1. The molecule has 0 saturated heterocycles. The number of methoxy groups -OCH3 is 1. The molecular formula is C17H15N5O2. The number of rotatable bonds is 3. The van der Waals surface area contributed by atoms with Gasteiger partial charge in [0.25, 0.3) is 0 Å². The Balaban J connectivity index is 1.91. The Morgan fingerprint density at radius 3 is 2.75 bits per heavy atom. The van der Waals surface area contributed by atoms with E-state index >= 15 is 0 Å². The molecule has 0 aliphatic heterocycles. The lowest BCUT2D eigenvalue weighted by molar-refractivity contribution is 0.416. The number of hydrogen-bond acceptors (Lipinski definition) is 5. The second-order valence-electron chi connectivity index (χ2n) is 5.38. The van der Waals surface area contributed by atoms with Crippen molar-refractivity contribution in [1.29, 1.82) is 0 Å². The van der Waals surface area contributed by atoms with Crippen molar-refractivity contribution in [3.05, 3.63) is 54.6 Å². The summed E-state index contributed by atoms with van der Waals surface area (Å²) in [5.41, 5.74) is 3.83. The SMILES string of the molecule is COc1cc(-n2cccn2)ccc1-c1cnn2c(O)cc(C)nc12. The summed E-state index contributed by atoms with van der Waals surface area (Å²) in [5, 5.41) is 18.5. The lowest BCUT2D eigenvalue weighted by atomic mass is 10.1. The number of nitrogens with zero attached hydrogens (tertiary/aromatic N) is 5. The van der Waals surface area contributed by atoms with Gasteiger partial charge in [0, 0.05) is 35.8 Å². The lowest BCUT2D eigenvalue weighted by Crippen LogP contribution is -1.97. The van der Waals surface area contributed by atoms with Gasteiger partial charge in [-0.2, -0.15) is 14.7 Å². The predicted molar refractivity (Wildman–Crippen MR) is 88.5 cm³/mol. The fourth-order valence-electron chi connectivity index (χ4n) is 2.72. The van der Waals surface area contributed by atoms with Gasteiger partial charge in [0.15, 0.2) is 5.65 Å². The van der Waals surface area contributed by atoms with Crippen LogP contribution in [0.1, 0.15) is 5.69 Å². The number of aryl methyl sites for hydroxylation is 1. The Hall–Kier alpha value is -3.35. The molecule has 4 aromatic rings. The Morgan fingerprint density at radius 2 is 2.00 bits per heavy atom. The van der Waals surface area contributed by atoms with Gasteiger partial charge in [0.1, 0.15) is 5.75 Å². The molecule has 0 aliphatic rings. The lowest BCUT2D eigenvalue weighted by Gasteiger charge is -2.10. The first-order valence-corrected chi connectivity index (χ1v) is 7.40. The second kappa shape index (κ2) is 5.38. The summed E-state index contributed by atoms with van der Waals surface area (Å²) < 4.78 is 8.72. The number of ether oxygens (including phenoxy) is 1. The third-order valence-corrected chi connectivity index (χ3v) is 3.83. The molecule has 0 radical (unpaired) electrons. The van der Waals surface area contributed by atoms with Crippen molar-refractivity contribution in [3.63, 3.8) is 0 Å². The average molecular weight is 321 g/mol. The van der Waals surface area contributed by atoms with E-state index in [1.54, 1.807) is 30.3 Å². The summed E-state index contributed by atoms with van der Waals surface area (Å²) >= 11 is 0. The molecule has 1 aromatic carbocycles. The van der Waals surface area contributed by atoms with Crippen LogP contribution in [0.4, 0.5) is 0 Å². The van der Waals surface area contributed by atoms with Crippen molar-refractivity contribution < 1.29 is 9.84 Å². The molecule has 0 aliphatic carbocycles. The van der Waals surface area contributed by atoms with E-state index in [1.807, 2.05) is 37.4 Å². The summed E-state index contributed by atoms with van der Waals surface area (Å²) in [5.74, 6) is 0.733. The van der Waals surface area contributed by atoms with Gasteiger partial charge < -0.3 is 9.84 Å². The second-order valence-corrected chi connectivity index (χ2v) is 5.38. The van der Waals surface area contributed by atoms with E-state index in [1.165, 1.54) is 4.52 Å². The van der Waals surface area contributed by atoms with Crippen LogP contribution in [0.3, 0.4) is 0 Å². The van der Waals surface area contributed by atoms with Crippen molar-refractivity contribution in [2.24, 2.45) is 0 Å². The van der Waals surface area contributed by atoms with Crippen LogP contribution in [0.25, 0.3) is 22.5 Å². The molecule has 0 unspecified atom stereocenters. The van der Waals surface area contributed by atoms with Crippen molar-refractivity contribution in [2.45, 2.75) is 6.92 Å². The van der Waals surface area contributed by atoms with Gasteiger partial charge in [-0.15, -0.1) is 0 Å². The first-order chi connectivity index (χ1) is 11.7. The van der Waals surface area contributed by atoms with Crippen molar-refractivity contribution in [3.8, 4) is 28.4 Å². The van der Waals surface area contributed by atoms with E-state index < -0.39 is 0 Å². The van der Waals surface area contributed by atoms with Crippen LogP contribution in [0.5, 0.6) is 11.6 Å². The smallest absolute Gasteiger partial charge is 0.215 e. The first-order valence-electron chi connectivity index (χ1n) is 7.40. The van der Waals surface area contributed by atoms with Crippen LogP contribution in [0, 0.1) is 6.92 Å². The molecule has 0 amide bonds. The highest BCUT2D eigenvalue weighted by Crippen LogP contribution is 2.34. The fraction of sp³-hybridized carbons (Fsp3) is 0.118. The van der Waals surface area contributed by atoms with Crippen LogP contribution in [-0.4, -0.2) is 36.6 Å². The third-order valence-electron chi connectivity index (χ3n) is 3.83. The molecule has 0 saturated carbocycles. The minimum Gasteiger partial charge on any atom is -0.496 e. The molecule has 3 heterocycles. The Morgan fingerprint density at radius 1 is 1.12 bits per heavy atom. The van der Waals surface area contributed by atoms with Gasteiger partial charge in [0.2, 0.25) is 5.88 Å². The molecule has 7 heteroatoms. The average Bonchev–Trinajstić information content (AvgIpc) is 3.24. The van der Waals surface area contributed by atoms with Gasteiger partial charge in [-0.3, -0.25) is 0 Å². The van der Waals surface area contributed by atoms with Crippen LogP contribution in [0.15, 0.2) is 48.9 Å². The highest BCUT2D eigenvalue weighted by Gasteiger charge is 2.16. The molecule has 0 atom stereocenters. The Bertz CT molecular complexity index is 1020. The molecular weight excluding hydrogens is 306 g/mol. The maximum atomic E-state index is 10.0. The number of benzene rings is 1. The van der Waals surface area contributed by atoms with Gasteiger partial charge in [-0.1, -0.05) is 0 Å². The summed E-state index contributed by atoms with van der Waals surface area (Å²) in [6.45, 7) is 1.83.